The number of amides is 1. The molecule has 2 atom stereocenters. The van der Waals surface area contributed by atoms with Gasteiger partial charge in [-0.25, -0.2) is 4.98 Å². The molecule has 1 saturated carbocycles. The molecule has 4 rings (SSSR count). The third-order valence-electron chi connectivity index (χ3n) is 6.90. The van der Waals surface area contributed by atoms with E-state index in [-0.39, 0.29) is 24.3 Å². The number of aromatic nitrogens is 1. The summed E-state index contributed by atoms with van der Waals surface area (Å²) in [5.74, 6) is 0.706. The van der Waals surface area contributed by atoms with Gasteiger partial charge in [0.25, 0.3) is 5.91 Å². The molecule has 1 aliphatic heterocycles. The summed E-state index contributed by atoms with van der Waals surface area (Å²) >= 11 is 0. The quantitative estimate of drug-likeness (QED) is 0.439. The molecule has 164 valence electrons. The number of piperidine rings is 1. The Bertz CT molecular complexity index is 790. The minimum Gasteiger partial charge on any atom is -0.396 e. The average molecular weight is 414 g/mol. The zero-order valence-electron chi connectivity index (χ0n) is 18.0. The number of hydrogen-bond acceptors (Lipinski definition) is 6. The molecule has 1 aromatic rings. The number of amidine groups is 1. The number of anilines is 1. The number of pyridine rings is 1. The van der Waals surface area contributed by atoms with Gasteiger partial charge in [0.1, 0.15) is 5.82 Å². The van der Waals surface area contributed by atoms with Gasteiger partial charge in [-0.05, 0) is 57.1 Å². The maximum absolute atomic E-state index is 12.8. The molecule has 30 heavy (non-hydrogen) atoms. The molecule has 3 aliphatic rings. The molecule has 1 aromatic heterocycles. The highest BCUT2D eigenvalue weighted by Crippen LogP contribution is 2.31. The van der Waals surface area contributed by atoms with Crippen molar-refractivity contribution in [3.8, 4) is 0 Å². The maximum Gasteiger partial charge on any atom is 0.260 e. The van der Waals surface area contributed by atoms with Crippen molar-refractivity contribution in [3.63, 3.8) is 0 Å². The Hall–Kier alpha value is -1.99. The van der Waals surface area contributed by atoms with Crippen molar-refractivity contribution in [2.45, 2.75) is 76.8 Å². The van der Waals surface area contributed by atoms with E-state index in [1.54, 1.807) is 6.92 Å². The predicted molar refractivity (Wildman–Crippen MR) is 118 cm³/mol. The minimum absolute atomic E-state index is 0.121. The normalized spacial score (nSPS) is 24.5. The molecule has 0 bridgehead atoms. The average Bonchev–Trinajstić information content (AvgIpc) is 3.21. The Kier molecular flexibility index (Phi) is 6.68. The van der Waals surface area contributed by atoms with Gasteiger partial charge in [-0.1, -0.05) is 19.3 Å². The first kappa shape index (κ1) is 21.2. The fraction of sp³-hybridized carbons (Fsp3) is 0.696. The number of nitrogens with one attached hydrogen (secondary N) is 3. The second-order valence-corrected chi connectivity index (χ2v) is 9.18. The van der Waals surface area contributed by atoms with Gasteiger partial charge in [-0.2, -0.15) is 0 Å². The molecule has 0 radical (unpaired) electrons. The van der Waals surface area contributed by atoms with E-state index < -0.39 is 0 Å². The Balaban J connectivity index is 1.53. The van der Waals surface area contributed by atoms with E-state index in [1.165, 1.54) is 32.1 Å². The number of aliphatic hydroxyl groups excluding tert-OH is 1. The molecule has 0 aromatic carbocycles. The van der Waals surface area contributed by atoms with Gasteiger partial charge in [0.2, 0.25) is 0 Å². The molecular weight excluding hydrogens is 378 g/mol. The summed E-state index contributed by atoms with van der Waals surface area (Å²) < 4.78 is 0. The highest BCUT2D eigenvalue weighted by atomic mass is 16.3. The van der Waals surface area contributed by atoms with Crippen molar-refractivity contribution in [2.75, 3.05) is 24.6 Å². The standard InChI is InChI=1S/C23H35N5O2/c1-15(24)25-23(30)19-12-16-6-5-9-20(16)27-22(19)28-11-10-21(17(13-28)14-29)26-18-7-3-2-4-8-18/h12,17-18,21,26,29H,2-11,13-14H2,1H3,(H2,24,25,30). The Labute approximate surface area is 179 Å². The zero-order chi connectivity index (χ0) is 21.1. The van der Waals surface area contributed by atoms with Crippen LogP contribution >= 0.6 is 0 Å². The van der Waals surface area contributed by atoms with E-state index in [1.807, 2.05) is 6.07 Å². The molecule has 2 fully saturated rings. The number of rotatable bonds is 5. The van der Waals surface area contributed by atoms with E-state index in [9.17, 15) is 9.90 Å². The molecule has 2 heterocycles. The minimum atomic E-state index is -0.261. The molecule has 1 saturated heterocycles. The Morgan fingerprint density at radius 1 is 1.23 bits per heavy atom. The van der Waals surface area contributed by atoms with Gasteiger partial charge >= 0.3 is 0 Å². The first-order valence-corrected chi connectivity index (χ1v) is 11.6. The lowest BCUT2D eigenvalue weighted by molar-refractivity contribution is 0.0976. The number of carbonyl (C=O) groups is 1. The van der Waals surface area contributed by atoms with Gasteiger partial charge in [-0.3, -0.25) is 10.2 Å². The van der Waals surface area contributed by atoms with Gasteiger partial charge in [0, 0.05) is 43.4 Å². The van der Waals surface area contributed by atoms with Crippen molar-refractivity contribution in [2.24, 2.45) is 5.92 Å². The number of hydrogen-bond donors (Lipinski definition) is 4. The van der Waals surface area contributed by atoms with Gasteiger partial charge in [-0.15, -0.1) is 0 Å². The number of aryl methyl sites for hydroxylation is 2. The van der Waals surface area contributed by atoms with Crippen LogP contribution < -0.4 is 15.5 Å². The van der Waals surface area contributed by atoms with E-state index in [0.717, 1.165) is 43.5 Å². The molecule has 1 amide bonds. The molecule has 4 N–H and O–H groups in total. The molecule has 7 nitrogen and oxygen atoms in total. The summed E-state index contributed by atoms with van der Waals surface area (Å²) in [6, 6.07) is 2.85. The Morgan fingerprint density at radius 3 is 2.77 bits per heavy atom. The van der Waals surface area contributed by atoms with Crippen LogP contribution in [-0.2, 0) is 12.8 Å². The molecule has 7 heteroatoms. The van der Waals surface area contributed by atoms with E-state index in [2.05, 4.69) is 15.5 Å². The van der Waals surface area contributed by atoms with Crippen LogP contribution in [0, 0.1) is 11.3 Å². The van der Waals surface area contributed by atoms with Gasteiger partial charge < -0.3 is 20.6 Å². The summed E-state index contributed by atoms with van der Waals surface area (Å²) in [5, 5.41) is 24.2. The van der Waals surface area contributed by atoms with Crippen LogP contribution in [0.1, 0.15) is 73.5 Å². The number of carbonyl (C=O) groups excluding carboxylic acids is 1. The summed E-state index contributed by atoms with van der Waals surface area (Å²) in [6.45, 7) is 3.21. The smallest absolute Gasteiger partial charge is 0.260 e. The van der Waals surface area contributed by atoms with E-state index in [0.29, 0.717) is 30.0 Å². The van der Waals surface area contributed by atoms with Crippen LogP contribution in [0.5, 0.6) is 0 Å². The van der Waals surface area contributed by atoms with Crippen LogP contribution in [0.25, 0.3) is 0 Å². The first-order valence-electron chi connectivity index (χ1n) is 11.6. The predicted octanol–water partition coefficient (Wildman–Crippen LogP) is 2.41. The van der Waals surface area contributed by atoms with Crippen molar-refractivity contribution >= 4 is 17.6 Å². The van der Waals surface area contributed by atoms with Crippen molar-refractivity contribution in [1.82, 2.24) is 15.6 Å². The van der Waals surface area contributed by atoms with Crippen molar-refractivity contribution in [1.29, 1.82) is 5.41 Å². The Morgan fingerprint density at radius 2 is 2.03 bits per heavy atom. The molecular formula is C23H35N5O2. The summed E-state index contributed by atoms with van der Waals surface area (Å²) in [4.78, 5) is 19.9. The SMILES string of the molecule is CC(=N)NC(=O)c1cc2c(nc1N1CCC(NC3CCCCC3)C(CO)C1)CCC2. The second kappa shape index (κ2) is 9.43. The van der Waals surface area contributed by atoms with Crippen LogP contribution in [0.4, 0.5) is 5.82 Å². The summed E-state index contributed by atoms with van der Waals surface area (Å²) in [6.07, 6.45) is 10.3. The van der Waals surface area contributed by atoms with Gasteiger partial charge in [0.05, 0.1) is 11.4 Å². The number of nitrogens with zero attached hydrogens (tertiary/aromatic N) is 2. The molecule has 0 spiro atoms. The number of fused-ring (bicyclic) bond motifs is 1. The topological polar surface area (TPSA) is 101 Å². The third-order valence-corrected chi connectivity index (χ3v) is 6.90. The van der Waals surface area contributed by atoms with Crippen LogP contribution in [0.3, 0.4) is 0 Å². The first-order chi connectivity index (χ1) is 14.5. The maximum atomic E-state index is 12.8. The van der Waals surface area contributed by atoms with Crippen molar-refractivity contribution < 1.29 is 9.90 Å². The number of aliphatic hydroxyl groups is 1. The lowest BCUT2D eigenvalue weighted by Crippen LogP contribution is -2.54. The monoisotopic (exact) mass is 413 g/mol. The van der Waals surface area contributed by atoms with Gasteiger partial charge in [0.15, 0.2) is 0 Å². The fourth-order valence-electron chi connectivity index (χ4n) is 5.31. The largest absolute Gasteiger partial charge is 0.396 e. The third kappa shape index (κ3) is 4.67. The summed E-state index contributed by atoms with van der Waals surface area (Å²) in [7, 11) is 0. The lowest BCUT2D eigenvalue weighted by Gasteiger charge is -2.41. The van der Waals surface area contributed by atoms with Crippen molar-refractivity contribution in [3.05, 3.63) is 22.9 Å². The van der Waals surface area contributed by atoms with Crippen LogP contribution in [0.15, 0.2) is 6.07 Å². The zero-order valence-corrected chi connectivity index (χ0v) is 18.0. The molecule has 2 unspecified atom stereocenters. The van der Waals surface area contributed by atoms with E-state index in [4.69, 9.17) is 10.4 Å². The second-order valence-electron chi connectivity index (χ2n) is 9.18. The van der Waals surface area contributed by atoms with Crippen LogP contribution in [0.2, 0.25) is 0 Å². The highest BCUT2D eigenvalue weighted by molar-refractivity contribution is 6.07. The van der Waals surface area contributed by atoms with E-state index >= 15 is 0 Å². The van der Waals surface area contributed by atoms with Crippen LogP contribution in [-0.4, -0.2) is 53.6 Å². The fourth-order valence-corrected chi connectivity index (χ4v) is 5.31. The lowest BCUT2D eigenvalue weighted by atomic mass is 9.89. The highest BCUT2D eigenvalue weighted by Gasteiger charge is 2.33. The summed E-state index contributed by atoms with van der Waals surface area (Å²) in [5.41, 5.74) is 2.80. The molecule has 2 aliphatic carbocycles.